The second-order valence-corrected chi connectivity index (χ2v) is 15.9. The minimum Gasteiger partial charge on any atom is -0.519 e. The third kappa shape index (κ3) is 6.17. The van der Waals surface area contributed by atoms with Gasteiger partial charge in [-0.1, -0.05) is 48.5 Å². The SMILES string of the molecule is NCc1cccc(C2CCN(C(O)c3cc4ccc5c(c4oc3=O)OB(c3cccc4[nH]c(C(=O)N6CCC7(CC6)COc6ccc(CN)cc67)cc34)O5)CC2)c1. The number of carbonyl (C=O) groups excluding carboxylic acids is 1. The molecule has 1 atom stereocenters. The van der Waals surface area contributed by atoms with Crippen LogP contribution in [0.25, 0.3) is 21.9 Å². The minimum atomic E-state index is -1.10. The number of benzene rings is 4. The number of fused-ring (bicyclic) bond motifs is 6. The molecule has 0 aliphatic carbocycles. The monoisotopic (exact) mass is 765 g/mol. The Morgan fingerprint density at radius 3 is 2.47 bits per heavy atom. The Bertz CT molecular complexity index is 2590. The molecule has 6 aromatic rings. The number of H-pyrrole nitrogens is 1. The molecule has 2 saturated heterocycles. The molecular formula is C44H44BN5O7. The molecule has 4 aliphatic rings. The van der Waals surface area contributed by atoms with Crippen molar-refractivity contribution < 1.29 is 28.4 Å². The first-order valence-corrected chi connectivity index (χ1v) is 19.8. The van der Waals surface area contributed by atoms with Crippen LogP contribution in [0.1, 0.15) is 76.1 Å². The van der Waals surface area contributed by atoms with Crippen molar-refractivity contribution >= 4 is 40.4 Å². The average molecular weight is 766 g/mol. The van der Waals surface area contributed by atoms with Crippen molar-refractivity contribution in [2.75, 3.05) is 32.8 Å². The largest absolute Gasteiger partial charge is 0.633 e. The van der Waals surface area contributed by atoms with Gasteiger partial charge in [0, 0.05) is 72.0 Å². The Balaban J connectivity index is 0.839. The molecule has 1 amide bonds. The zero-order chi connectivity index (χ0) is 38.8. The van der Waals surface area contributed by atoms with Gasteiger partial charge in [0.1, 0.15) is 23.4 Å². The lowest BCUT2D eigenvalue weighted by atomic mass is 9.74. The van der Waals surface area contributed by atoms with Crippen molar-refractivity contribution in [3.63, 3.8) is 0 Å². The first-order valence-electron chi connectivity index (χ1n) is 19.8. The Kier molecular flexibility index (Phi) is 8.86. The van der Waals surface area contributed by atoms with Crippen molar-refractivity contribution in [1.29, 1.82) is 0 Å². The predicted molar refractivity (Wildman–Crippen MR) is 217 cm³/mol. The quantitative estimate of drug-likeness (QED) is 0.131. The minimum absolute atomic E-state index is 0.0641. The summed E-state index contributed by atoms with van der Waals surface area (Å²) in [5.41, 5.74) is 18.1. The van der Waals surface area contributed by atoms with Gasteiger partial charge in [-0.15, -0.1) is 0 Å². The van der Waals surface area contributed by atoms with Gasteiger partial charge in [0.25, 0.3) is 5.91 Å². The molecule has 1 spiro atoms. The number of likely N-dealkylation sites (tertiary alicyclic amines) is 2. The van der Waals surface area contributed by atoms with Gasteiger partial charge >= 0.3 is 12.7 Å². The molecule has 13 heteroatoms. The maximum absolute atomic E-state index is 13.9. The molecule has 6 N–H and O–H groups in total. The van der Waals surface area contributed by atoms with Crippen LogP contribution >= 0.6 is 0 Å². The van der Waals surface area contributed by atoms with E-state index in [0.717, 1.165) is 58.9 Å². The van der Waals surface area contributed by atoms with Crippen LogP contribution in [0.5, 0.6) is 17.2 Å². The van der Waals surface area contributed by atoms with Crippen molar-refractivity contribution in [1.82, 2.24) is 14.8 Å². The lowest BCUT2D eigenvalue weighted by Gasteiger charge is -2.38. The number of amides is 1. The number of aliphatic hydroxyl groups excluding tert-OH is 1. The zero-order valence-electron chi connectivity index (χ0n) is 31.5. The Labute approximate surface area is 329 Å². The number of nitrogens with zero attached hydrogens (tertiary/aromatic N) is 2. The van der Waals surface area contributed by atoms with Crippen molar-refractivity contribution in [2.24, 2.45) is 11.5 Å². The fraction of sp³-hybridized carbons (Fsp3) is 0.318. The molecule has 10 rings (SSSR count). The summed E-state index contributed by atoms with van der Waals surface area (Å²) in [5.74, 6) is 1.97. The van der Waals surface area contributed by atoms with Crippen LogP contribution in [0.2, 0.25) is 0 Å². The van der Waals surface area contributed by atoms with E-state index in [2.05, 4.69) is 23.2 Å². The summed E-state index contributed by atoms with van der Waals surface area (Å²) in [5, 5.41) is 12.8. The van der Waals surface area contributed by atoms with Crippen LogP contribution in [0, 0.1) is 0 Å². The number of nitrogens with one attached hydrogen (secondary N) is 1. The maximum atomic E-state index is 13.9. The molecule has 6 heterocycles. The molecule has 12 nitrogen and oxygen atoms in total. The normalized spacial score (nSPS) is 18.4. The number of ether oxygens (including phenoxy) is 1. The van der Waals surface area contributed by atoms with Crippen LogP contribution in [-0.2, 0) is 18.5 Å². The molecule has 57 heavy (non-hydrogen) atoms. The lowest BCUT2D eigenvalue weighted by molar-refractivity contribution is -0.0151. The van der Waals surface area contributed by atoms with Crippen LogP contribution in [-0.4, -0.2) is 65.7 Å². The van der Waals surface area contributed by atoms with Crippen LogP contribution < -0.4 is 36.6 Å². The summed E-state index contributed by atoms with van der Waals surface area (Å²) in [4.78, 5) is 34.5. The number of piperidine rings is 2. The van der Waals surface area contributed by atoms with E-state index < -0.39 is 19.0 Å². The molecule has 1 unspecified atom stereocenters. The molecule has 4 aromatic carbocycles. The average Bonchev–Trinajstić information content (AvgIpc) is 3.99. The maximum Gasteiger partial charge on any atom is 0.633 e. The molecule has 0 radical (unpaired) electrons. The van der Waals surface area contributed by atoms with Crippen molar-refractivity contribution in [2.45, 2.75) is 56.3 Å². The molecule has 0 bridgehead atoms. The second-order valence-electron chi connectivity index (χ2n) is 15.9. The van der Waals surface area contributed by atoms with Crippen LogP contribution in [0.15, 0.2) is 94.1 Å². The van der Waals surface area contributed by atoms with Gasteiger partial charge in [0.05, 0.1) is 12.2 Å². The van der Waals surface area contributed by atoms with Gasteiger partial charge in [-0.2, -0.15) is 0 Å². The number of carbonyl (C=O) groups is 1. The van der Waals surface area contributed by atoms with Gasteiger partial charge in [-0.25, -0.2) is 4.79 Å². The van der Waals surface area contributed by atoms with Gasteiger partial charge in [-0.05, 0) is 84.7 Å². The highest BCUT2D eigenvalue weighted by Gasteiger charge is 2.44. The van der Waals surface area contributed by atoms with E-state index in [1.165, 1.54) is 11.1 Å². The molecule has 0 saturated carbocycles. The van der Waals surface area contributed by atoms with Gasteiger partial charge in [0.2, 0.25) is 0 Å². The third-order valence-electron chi connectivity index (χ3n) is 12.7. The first-order chi connectivity index (χ1) is 27.8. The number of aromatic amines is 1. The first kappa shape index (κ1) is 35.8. The van der Waals surface area contributed by atoms with E-state index in [4.69, 9.17) is 29.9 Å². The second kappa shape index (κ2) is 14.1. The number of aromatic nitrogens is 1. The van der Waals surface area contributed by atoms with E-state index in [0.29, 0.717) is 74.4 Å². The van der Waals surface area contributed by atoms with E-state index in [9.17, 15) is 14.7 Å². The molecular weight excluding hydrogens is 721 g/mol. The summed E-state index contributed by atoms with van der Waals surface area (Å²) >= 11 is 0. The number of aliphatic hydroxyl groups is 1. The number of hydrogen-bond acceptors (Lipinski definition) is 10. The van der Waals surface area contributed by atoms with E-state index in [1.54, 1.807) is 18.2 Å². The number of rotatable bonds is 7. The zero-order valence-corrected chi connectivity index (χ0v) is 31.5. The summed E-state index contributed by atoms with van der Waals surface area (Å²) in [7, 11) is -0.842. The Morgan fingerprint density at radius 1 is 0.895 bits per heavy atom. The fourth-order valence-electron chi connectivity index (χ4n) is 9.32. The third-order valence-corrected chi connectivity index (χ3v) is 12.7. The number of nitrogens with two attached hydrogens (primary N) is 2. The lowest BCUT2D eigenvalue weighted by Crippen LogP contribution is -2.46. The summed E-state index contributed by atoms with van der Waals surface area (Å²) in [6, 6.07) is 27.4. The van der Waals surface area contributed by atoms with Crippen molar-refractivity contribution in [3.05, 3.63) is 129 Å². The molecule has 2 aromatic heterocycles. The van der Waals surface area contributed by atoms with E-state index in [-0.39, 0.29) is 22.5 Å². The highest BCUT2D eigenvalue weighted by atomic mass is 16.6. The Morgan fingerprint density at radius 2 is 1.67 bits per heavy atom. The Hall–Kier alpha value is -5.60. The summed E-state index contributed by atoms with van der Waals surface area (Å²) < 4.78 is 24.6. The van der Waals surface area contributed by atoms with Crippen LogP contribution in [0.3, 0.4) is 0 Å². The fourth-order valence-corrected chi connectivity index (χ4v) is 9.32. The molecule has 4 aliphatic heterocycles. The molecule has 290 valence electrons. The van der Waals surface area contributed by atoms with Crippen LogP contribution in [0.4, 0.5) is 0 Å². The van der Waals surface area contributed by atoms with Gasteiger partial charge < -0.3 is 44.9 Å². The standard InChI is InChI=1S/C44H44BN5O7/c46-23-26-3-1-4-29(19-26)28-11-15-49(16-12-28)41(51)32-21-30-8-10-38-40(39(30)55-43(32)53)57-45(56-38)34-5-2-6-35-31(34)22-36(48-35)42(52)50-17-13-44(14-18-50)25-54-37-9-7-27(24-47)20-33(37)44/h1-10,19-22,28,41,48,51H,11-18,23-25,46-47H2. The van der Waals surface area contributed by atoms with Gasteiger partial charge in [0.15, 0.2) is 11.3 Å². The topological polar surface area (TPSA) is 170 Å². The summed E-state index contributed by atoms with van der Waals surface area (Å²) in [6.45, 7) is 4.09. The highest BCUT2D eigenvalue weighted by Crippen LogP contribution is 2.46. The smallest absolute Gasteiger partial charge is 0.519 e. The number of hydrogen-bond donors (Lipinski definition) is 4. The molecule has 2 fully saturated rings. The summed E-state index contributed by atoms with van der Waals surface area (Å²) in [6.07, 6.45) is 2.22. The van der Waals surface area contributed by atoms with E-state index >= 15 is 0 Å². The van der Waals surface area contributed by atoms with E-state index in [1.807, 2.05) is 58.3 Å². The van der Waals surface area contributed by atoms with Crippen molar-refractivity contribution in [3.8, 4) is 17.2 Å². The van der Waals surface area contributed by atoms with Gasteiger partial charge in [-0.3, -0.25) is 9.69 Å². The predicted octanol–water partition coefficient (Wildman–Crippen LogP) is 4.80. The highest BCUT2D eigenvalue weighted by molar-refractivity contribution is 6.66.